The molecule has 0 radical (unpaired) electrons. The number of benzene rings is 1. The minimum absolute atomic E-state index is 0.0105. The fourth-order valence-electron chi connectivity index (χ4n) is 8.56. The van der Waals surface area contributed by atoms with E-state index in [-0.39, 0.29) is 59.3 Å². The van der Waals surface area contributed by atoms with Crippen LogP contribution in [0, 0.1) is 34.9 Å². The van der Waals surface area contributed by atoms with Crippen LogP contribution >= 0.6 is 0 Å². The van der Waals surface area contributed by atoms with Gasteiger partial charge in [0, 0.05) is 34.2 Å². The molecule has 1 aliphatic carbocycles. The second-order valence-corrected chi connectivity index (χ2v) is 18.7. The van der Waals surface area contributed by atoms with Gasteiger partial charge in [0.05, 0.1) is 42.7 Å². The molecule has 2 fully saturated rings. The Morgan fingerprint density at radius 2 is 1.54 bits per heavy atom. The SMILES string of the molecule is CCC(C)C(C(CC(=O)N1CC2(CC2)C[C@H]1C(OC)C(C)C(=O)NC(Cc1ccccc1F)C(=O)OC(C)(C)C)OC)N(C)C(=O)C(NC(=O)C(NC)C(C)C)C(C)C. The van der Waals surface area contributed by atoms with Crippen molar-refractivity contribution in [3.8, 4) is 0 Å². The van der Waals surface area contributed by atoms with Crippen LogP contribution in [0.4, 0.5) is 4.39 Å². The summed E-state index contributed by atoms with van der Waals surface area (Å²) in [5.74, 6) is -3.43. The molecule has 1 saturated heterocycles. The van der Waals surface area contributed by atoms with Crippen LogP contribution < -0.4 is 16.0 Å². The van der Waals surface area contributed by atoms with E-state index < -0.39 is 71.6 Å². The largest absolute Gasteiger partial charge is 0.458 e. The number of rotatable bonds is 21. The number of hydrogen-bond donors (Lipinski definition) is 3. The number of amides is 4. The third-order valence-corrected chi connectivity index (χ3v) is 12.3. The molecule has 9 atom stereocenters. The standard InChI is InChI=1S/C45H74FN5O8/c1-15-28(6)38(50(12)42(55)37(27(4)5)49-41(54)36(47-11)26(2)3)34(57-13)23-35(52)51-25-45(20-21-45)24-33(51)39(58-14)29(7)40(53)48-32(43(56)59-44(8,9)10)22-30-18-16-17-19-31(30)46/h16-19,26-29,32-34,36-39,47H,15,20-25H2,1-14H3,(H,48,53)(H,49,54)/t28?,29?,32?,33-,34?,36?,37?,38?,39?/m0/s1. The maximum absolute atomic E-state index is 14.8. The van der Waals surface area contributed by atoms with E-state index in [1.165, 1.54) is 13.2 Å². The summed E-state index contributed by atoms with van der Waals surface area (Å²) in [6.45, 7) is 19.1. The summed E-state index contributed by atoms with van der Waals surface area (Å²) >= 11 is 0. The van der Waals surface area contributed by atoms with E-state index in [0.29, 0.717) is 19.4 Å². The number of likely N-dealkylation sites (tertiary alicyclic amines) is 1. The second-order valence-electron chi connectivity index (χ2n) is 18.7. The number of methoxy groups -OCH3 is 2. The summed E-state index contributed by atoms with van der Waals surface area (Å²) < 4.78 is 32.5. The van der Waals surface area contributed by atoms with Crippen molar-refractivity contribution in [1.29, 1.82) is 0 Å². The van der Waals surface area contributed by atoms with E-state index in [0.717, 1.165) is 12.8 Å². The zero-order valence-electron chi connectivity index (χ0n) is 38.1. The first-order valence-corrected chi connectivity index (χ1v) is 21.4. The molecule has 59 heavy (non-hydrogen) atoms. The van der Waals surface area contributed by atoms with Gasteiger partial charge in [-0.15, -0.1) is 0 Å². The number of carbonyl (C=O) groups excluding carboxylic acids is 5. The highest BCUT2D eigenvalue weighted by Crippen LogP contribution is 2.56. The third kappa shape index (κ3) is 12.9. The quantitative estimate of drug-likeness (QED) is 0.147. The highest BCUT2D eigenvalue weighted by molar-refractivity contribution is 5.90. The van der Waals surface area contributed by atoms with Crippen molar-refractivity contribution in [3.63, 3.8) is 0 Å². The summed E-state index contributed by atoms with van der Waals surface area (Å²) in [5, 5.41) is 8.86. The highest BCUT2D eigenvalue weighted by Gasteiger charge is 2.56. The molecule has 1 saturated carbocycles. The zero-order chi connectivity index (χ0) is 44.6. The minimum Gasteiger partial charge on any atom is -0.458 e. The maximum Gasteiger partial charge on any atom is 0.329 e. The smallest absolute Gasteiger partial charge is 0.329 e. The lowest BCUT2D eigenvalue weighted by atomic mass is 9.89. The summed E-state index contributed by atoms with van der Waals surface area (Å²) in [5.41, 5.74) is -0.659. The molecule has 1 aliphatic heterocycles. The Balaban J connectivity index is 1.87. The van der Waals surface area contributed by atoms with Gasteiger partial charge in [-0.2, -0.15) is 0 Å². The molecule has 3 N–H and O–H groups in total. The van der Waals surface area contributed by atoms with E-state index in [4.69, 9.17) is 14.2 Å². The molecular formula is C45H74FN5O8. The normalized spacial score (nSPS) is 20.3. The Morgan fingerprint density at radius 1 is 0.932 bits per heavy atom. The van der Waals surface area contributed by atoms with Gasteiger partial charge in [-0.05, 0) is 81.9 Å². The van der Waals surface area contributed by atoms with Gasteiger partial charge in [0.2, 0.25) is 23.6 Å². The number of likely N-dealkylation sites (N-methyl/N-ethyl adjacent to an activating group) is 2. The fraction of sp³-hybridized carbons (Fsp3) is 0.756. The van der Waals surface area contributed by atoms with E-state index in [2.05, 4.69) is 16.0 Å². The summed E-state index contributed by atoms with van der Waals surface area (Å²) in [4.78, 5) is 73.0. The van der Waals surface area contributed by atoms with Crippen LogP contribution in [0.15, 0.2) is 24.3 Å². The number of esters is 1. The van der Waals surface area contributed by atoms with Gasteiger partial charge in [0.15, 0.2) is 0 Å². The molecule has 13 nitrogen and oxygen atoms in total. The van der Waals surface area contributed by atoms with E-state index in [1.54, 1.807) is 72.0 Å². The molecule has 1 spiro atoms. The second kappa shape index (κ2) is 21.3. The van der Waals surface area contributed by atoms with E-state index >= 15 is 0 Å². The number of nitrogens with zero attached hydrogens (tertiary/aromatic N) is 2. The number of halogens is 1. The van der Waals surface area contributed by atoms with Crippen molar-refractivity contribution in [1.82, 2.24) is 25.8 Å². The molecule has 0 aromatic heterocycles. The Labute approximate surface area is 352 Å². The van der Waals surface area contributed by atoms with Gasteiger partial charge < -0.3 is 40.0 Å². The monoisotopic (exact) mass is 832 g/mol. The fourth-order valence-corrected chi connectivity index (χ4v) is 8.56. The average molecular weight is 832 g/mol. The molecule has 14 heteroatoms. The Morgan fingerprint density at radius 3 is 2.03 bits per heavy atom. The molecule has 4 amide bonds. The number of carbonyl (C=O) groups is 5. The van der Waals surface area contributed by atoms with Gasteiger partial charge in [-0.1, -0.05) is 73.1 Å². The minimum atomic E-state index is -1.17. The van der Waals surface area contributed by atoms with Crippen LogP contribution in [0.2, 0.25) is 0 Å². The lowest BCUT2D eigenvalue weighted by molar-refractivity contribution is -0.159. The lowest BCUT2D eigenvalue weighted by Gasteiger charge is -2.41. The summed E-state index contributed by atoms with van der Waals surface area (Å²) in [7, 11) is 6.50. The number of hydrogen-bond acceptors (Lipinski definition) is 9. The van der Waals surface area contributed by atoms with Gasteiger partial charge in [0.1, 0.15) is 23.5 Å². The van der Waals surface area contributed by atoms with Crippen LogP contribution in [0.5, 0.6) is 0 Å². The predicted molar refractivity (Wildman–Crippen MR) is 226 cm³/mol. The third-order valence-electron chi connectivity index (χ3n) is 12.3. The Bertz CT molecular complexity index is 1600. The lowest BCUT2D eigenvalue weighted by Crippen LogP contribution is -2.59. The molecule has 0 bridgehead atoms. The first-order chi connectivity index (χ1) is 27.5. The molecule has 334 valence electrons. The predicted octanol–water partition coefficient (Wildman–Crippen LogP) is 4.89. The van der Waals surface area contributed by atoms with Crippen LogP contribution in [-0.2, 0) is 44.6 Å². The molecular weight excluding hydrogens is 758 g/mol. The van der Waals surface area contributed by atoms with Crippen molar-refractivity contribution >= 4 is 29.6 Å². The molecule has 1 aromatic rings. The number of nitrogens with one attached hydrogen (secondary N) is 3. The maximum atomic E-state index is 14.8. The Hall–Kier alpha value is -3.62. The summed E-state index contributed by atoms with van der Waals surface area (Å²) in [6, 6.07) is 2.71. The van der Waals surface area contributed by atoms with Crippen molar-refractivity contribution < 1.29 is 42.6 Å². The van der Waals surface area contributed by atoms with Crippen LogP contribution in [0.3, 0.4) is 0 Å². The molecule has 2 aliphatic rings. The first kappa shape index (κ1) is 49.7. The van der Waals surface area contributed by atoms with Gasteiger partial charge in [-0.3, -0.25) is 19.2 Å². The summed E-state index contributed by atoms with van der Waals surface area (Å²) in [6.07, 6.45) is 1.70. The number of ether oxygens (including phenoxy) is 3. The van der Waals surface area contributed by atoms with Crippen molar-refractivity contribution in [2.45, 2.75) is 156 Å². The molecule has 1 aromatic carbocycles. The Kier molecular flexibility index (Phi) is 17.9. The average Bonchev–Trinajstić information content (AvgIpc) is 3.82. The van der Waals surface area contributed by atoms with Crippen LogP contribution in [0.25, 0.3) is 0 Å². The molecule has 8 unspecified atom stereocenters. The van der Waals surface area contributed by atoms with E-state index in [1.807, 2.05) is 46.4 Å². The van der Waals surface area contributed by atoms with Gasteiger partial charge in [0.25, 0.3) is 0 Å². The van der Waals surface area contributed by atoms with Crippen molar-refractivity contribution in [3.05, 3.63) is 35.6 Å². The topological polar surface area (TPSA) is 156 Å². The van der Waals surface area contributed by atoms with Crippen LogP contribution in [0.1, 0.15) is 107 Å². The molecule has 3 rings (SSSR count). The van der Waals surface area contributed by atoms with Crippen molar-refractivity contribution in [2.24, 2.45) is 29.1 Å². The van der Waals surface area contributed by atoms with Gasteiger partial charge >= 0.3 is 5.97 Å². The highest BCUT2D eigenvalue weighted by atomic mass is 19.1. The van der Waals surface area contributed by atoms with Crippen LogP contribution in [-0.4, -0.2) is 122 Å². The zero-order valence-corrected chi connectivity index (χ0v) is 38.1. The molecule has 1 heterocycles. The van der Waals surface area contributed by atoms with Crippen molar-refractivity contribution in [2.75, 3.05) is 34.9 Å². The van der Waals surface area contributed by atoms with E-state index in [9.17, 15) is 28.4 Å². The van der Waals surface area contributed by atoms with Gasteiger partial charge in [-0.25, -0.2) is 9.18 Å². The first-order valence-electron chi connectivity index (χ1n) is 21.4.